The second-order valence-electron chi connectivity index (χ2n) is 7.11. The Morgan fingerprint density at radius 2 is 2.00 bits per heavy atom. The quantitative estimate of drug-likeness (QED) is 0.687. The lowest BCUT2D eigenvalue weighted by Crippen LogP contribution is -2.34. The topological polar surface area (TPSA) is 103 Å². The summed E-state index contributed by atoms with van der Waals surface area (Å²) in [5.41, 5.74) is 6.59. The molecule has 7 nitrogen and oxygen atoms in total. The van der Waals surface area contributed by atoms with E-state index in [0.717, 1.165) is 32.1 Å². The molecule has 1 aromatic carbocycles. The van der Waals surface area contributed by atoms with E-state index in [1.807, 2.05) is 0 Å². The molecule has 2 aliphatic rings. The number of amides is 2. The largest absolute Gasteiger partial charge is 0.493 e. The minimum absolute atomic E-state index is 0.0252. The molecule has 26 heavy (non-hydrogen) atoms. The number of hydrogen-bond donors (Lipinski definition) is 3. The van der Waals surface area contributed by atoms with E-state index < -0.39 is 0 Å². The Morgan fingerprint density at radius 1 is 1.19 bits per heavy atom. The molecular weight excluding hydrogens is 334 g/mol. The molecule has 2 unspecified atom stereocenters. The molecule has 2 saturated carbocycles. The number of benzene rings is 1. The Kier molecular flexibility index (Phi) is 5.98. The zero-order valence-corrected chi connectivity index (χ0v) is 15.1. The first-order valence-electron chi connectivity index (χ1n) is 9.22. The predicted molar refractivity (Wildman–Crippen MR) is 98.2 cm³/mol. The smallest absolute Gasteiger partial charge is 0.258 e. The molecule has 7 heteroatoms. The first-order valence-corrected chi connectivity index (χ1v) is 9.22. The summed E-state index contributed by atoms with van der Waals surface area (Å²) < 4.78 is 10.9. The molecule has 4 N–H and O–H groups in total. The molecule has 0 aromatic heterocycles. The van der Waals surface area contributed by atoms with E-state index in [4.69, 9.17) is 15.2 Å². The maximum absolute atomic E-state index is 12.5. The van der Waals surface area contributed by atoms with Crippen LogP contribution in [0.2, 0.25) is 0 Å². The van der Waals surface area contributed by atoms with Crippen LogP contribution in [0.25, 0.3) is 0 Å². The molecule has 2 atom stereocenters. The van der Waals surface area contributed by atoms with E-state index in [1.54, 1.807) is 18.2 Å². The van der Waals surface area contributed by atoms with Crippen molar-refractivity contribution < 1.29 is 19.1 Å². The van der Waals surface area contributed by atoms with Crippen molar-refractivity contribution in [1.82, 2.24) is 5.32 Å². The summed E-state index contributed by atoms with van der Waals surface area (Å²) in [6, 6.07) is 5.55. The normalized spacial score (nSPS) is 22.4. The van der Waals surface area contributed by atoms with Crippen molar-refractivity contribution in [2.45, 2.75) is 50.6 Å². The van der Waals surface area contributed by atoms with Crippen LogP contribution in [0.15, 0.2) is 18.2 Å². The van der Waals surface area contributed by atoms with E-state index in [2.05, 4.69) is 10.6 Å². The maximum atomic E-state index is 12.5. The molecular formula is C19H27N3O4. The van der Waals surface area contributed by atoms with Crippen molar-refractivity contribution in [2.75, 3.05) is 19.0 Å². The molecule has 0 saturated heterocycles. The van der Waals surface area contributed by atoms with Gasteiger partial charge in [0.25, 0.3) is 5.91 Å². The Morgan fingerprint density at radius 3 is 2.69 bits per heavy atom. The van der Waals surface area contributed by atoms with Gasteiger partial charge in [-0.15, -0.1) is 0 Å². The number of methoxy groups -OCH3 is 1. The molecule has 142 valence electrons. The van der Waals surface area contributed by atoms with E-state index in [9.17, 15) is 9.59 Å². The number of anilines is 1. The predicted octanol–water partition coefficient (Wildman–Crippen LogP) is 1.81. The zero-order valence-electron chi connectivity index (χ0n) is 15.1. The van der Waals surface area contributed by atoms with Gasteiger partial charge in [0, 0.05) is 29.8 Å². The van der Waals surface area contributed by atoms with Crippen molar-refractivity contribution in [3.8, 4) is 11.5 Å². The summed E-state index contributed by atoms with van der Waals surface area (Å²) in [5, 5.41) is 5.79. The van der Waals surface area contributed by atoms with Gasteiger partial charge < -0.3 is 25.8 Å². The second-order valence-corrected chi connectivity index (χ2v) is 7.11. The summed E-state index contributed by atoms with van der Waals surface area (Å²) in [6.45, 7) is -0.0816. The Balaban J connectivity index is 1.60. The lowest BCUT2D eigenvalue weighted by atomic mass is 9.85. The van der Waals surface area contributed by atoms with Crippen molar-refractivity contribution in [1.29, 1.82) is 0 Å². The van der Waals surface area contributed by atoms with E-state index in [1.165, 1.54) is 7.11 Å². The van der Waals surface area contributed by atoms with Crippen LogP contribution in [0.1, 0.15) is 38.5 Å². The third-order valence-electron chi connectivity index (χ3n) is 4.82. The van der Waals surface area contributed by atoms with Gasteiger partial charge in [0.1, 0.15) is 0 Å². The molecule has 0 radical (unpaired) electrons. The molecule has 0 heterocycles. The first kappa shape index (κ1) is 18.5. The number of ether oxygens (including phenoxy) is 2. The number of carbonyl (C=O) groups is 2. The molecule has 2 aliphatic carbocycles. The van der Waals surface area contributed by atoms with E-state index in [0.29, 0.717) is 29.6 Å². The van der Waals surface area contributed by atoms with Gasteiger partial charge in [-0.1, -0.05) is 6.42 Å². The molecule has 0 aliphatic heterocycles. The number of nitrogens with two attached hydrogens (primary N) is 1. The standard InChI is InChI=1S/C19H27N3O4/c1-25-16-8-7-15(22-19(24)12-3-2-4-13(20)9-12)10-17(16)26-11-18(23)21-14-5-6-14/h7-8,10,12-14H,2-6,9,11,20H2,1H3,(H,21,23)(H,22,24). The molecule has 0 spiro atoms. The lowest BCUT2D eigenvalue weighted by Gasteiger charge is -2.25. The molecule has 0 bridgehead atoms. The number of hydrogen-bond acceptors (Lipinski definition) is 5. The highest BCUT2D eigenvalue weighted by atomic mass is 16.5. The van der Waals surface area contributed by atoms with E-state index in [-0.39, 0.29) is 30.4 Å². The van der Waals surface area contributed by atoms with Crippen molar-refractivity contribution >= 4 is 17.5 Å². The van der Waals surface area contributed by atoms with Gasteiger partial charge in [-0.25, -0.2) is 0 Å². The first-order chi connectivity index (χ1) is 12.5. The highest BCUT2D eigenvalue weighted by molar-refractivity contribution is 5.93. The number of rotatable bonds is 7. The van der Waals surface area contributed by atoms with Crippen LogP contribution in [-0.2, 0) is 9.59 Å². The fourth-order valence-corrected chi connectivity index (χ4v) is 3.22. The highest BCUT2D eigenvalue weighted by Crippen LogP contribution is 2.31. The summed E-state index contributed by atoms with van der Waals surface area (Å²) in [4.78, 5) is 24.3. The van der Waals surface area contributed by atoms with Crippen molar-refractivity contribution in [3.63, 3.8) is 0 Å². The third kappa shape index (κ3) is 5.11. The van der Waals surface area contributed by atoms with Crippen LogP contribution < -0.4 is 25.8 Å². The summed E-state index contributed by atoms with van der Waals surface area (Å²) in [6.07, 6.45) is 5.59. The fourth-order valence-electron chi connectivity index (χ4n) is 3.22. The lowest BCUT2D eigenvalue weighted by molar-refractivity contribution is -0.123. The Hall–Kier alpha value is -2.28. The minimum Gasteiger partial charge on any atom is -0.493 e. The monoisotopic (exact) mass is 361 g/mol. The van der Waals surface area contributed by atoms with Gasteiger partial charge in [-0.05, 0) is 44.2 Å². The number of carbonyl (C=O) groups excluding carboxylic acids is 2. The van der Waals surface area contributed by atoms with Gasteiger partial charge in [-0.3, -0.25) is 9.59 Å². The van der Waals surface area contributed by atoms with Gasteiger partial charge >= 0.3 is 0 Å². The SMILES string of the molecule is COc1ccc(NC(=O)C2CCCC(N)C2)cc1OCC(=O)NC1CC1. The summed E-state index contributed by atoms with van der Waals surface area (Å²) in [7, 11) is 1.54. The molecule has 1 aromatic rings. The van der Waals surface area contributed by atoms with Crippen LogP contribution in [0.5, 0.6) is 11.5 Å². The number of nitrogens with one attached hydrogen (secondary N) is 2. The van der Waals surface area contributed by atoms with Crippen LogP contribution in [0, 0.1) is 5.92 Å². The summed E-state index contributed by atoms with van der Waals surface area (Å²) >= 11 is 0. The van der Waals surface area contributed by atoms with E-state index >= 15 is 0 Å². The Labute approximate surface area is 153 Å². The summed E-state index contributed by atoms with van der Waals surface area (Å²) in [5.74, 6) is 0.705. The average Bonchev–Trinajstić information content (AvgIpc) is 3.44. The van der Waals surface area contributed by atoms with Gasteiger partial charge in [-0.2, -0.15) is 0 Å². The molecule has 2 fully saturated rings. The fraction of sp³-hybridized carbons (Fsp3) is 0.579. The maximum Gasteiger partial charge on any atom is 0.258 e. The van der Waals surface area contributed by atoms with Gasteiger partial charge in [0.2, 0.25) is 5.91 Å². The average molecular weight is 361 g/mol. The zero-order chi connectivity index (χ0) is 18.5. The molecule has 2 amide bonds. The molecule has 3 rings (SSSR count). The van der Waals surface area contributed by atoms with Gasteiger partial charge in [0.15, 0.2) is 18.1 Å². The minimum atomic E-state index is -0.153. The second kappa shape index (κ2) is 8.40. The van der Waals surface area contributed by atoms with Crippen LogP contribution in [0.4, 0.5) is 5.69 Å². The Bertz CT molecular complexity index is 660. The van der Waals surface area contributed by atoms with Crippen molar-refractivity contribution in [2.24, 2.45) is 11.7 Å². The van der Waals surface area contributed by atoms with Crippen LogP contribution in [0.3, 0.4) is 0 Å². The van der Waals surface area contributed by atoms with Crippen LogP contribution >= 0.6 is 0 Å². The van der Waals surface area contributed by atoms with Crippen molar-refractivity contribution in [3.05, 3.63) is 18.2 Å². The third-order valence-corrected chi connectivity index (χ3v) is 4.82. The highest BCUT2D eigenvalue weighted by Gasteiger charge is 2.26. The van der Waals surface area contributed by atoms with Crippen LogP contribution in [-0.4, -0.2) is 37.6 Å². The van der Waals surface area contributed by atoms with Gasteiger partial charge in [0.05, 0.1) is 7.11 Å².